The number of fused-ring (bicyclic) bond motifs is 1. The molecule has 2 aromatic rings. The molecule has 0 atom stereocenters. The van der Waals surface area contributed by atoms with Crippen molar-refractivity contribution in [3.8, 4) is 0 Å². The van der Waals surface area contributed by atoms with Gasteiger partial charge in [-0.05, 0) is 31.4 Å². The molecule has 0 bridgehead atoms. The molecule has 0 fully saturated rings. The quantitative estimate of drug-likeness (QED) is 0.365. The molecule has 0 aliphatic rings. The van der Waals surface area contributed by atoms with Gasteiger partial charge in [0.15, 0.2) is 0 Å². The number of hydrogen-bond acceptors (Lipinski definition) is 5. The van der Waals surface area contributed by atoms with Crippen molar-refractivity contribution in [1.29, 1.82) is 0 Å². The minimum absolute atomic E-state index is 0.180. The maximum Gasteiger partial charge on any atom is 0.264 e. The summed E-state index contributed by atoms with van der Waals surface area (Å²) in [4.78, 5) is 5.31. The fraction of sp³-hybridized carbons (Fsp3) is 0.385. The van der Waals surface area contributed by atoms with Crippen molar-refractivity contribution in [2.75, 3.05) is 5.75 Å². The van der Waals surface area contributed by atoms with Crippen LogP contribution in [-0.2, 0) is 10.1 Å². The highest BCUT2D eigenvalue weighted by molar-refractivity contribution is 7.85. The Kier molecular flexibility index (Phi) is 5.20. The van der Waals surface area contributed by atoms with Crippen LogP contribution in [0.1, 0.15) is 30.7 Å². The van der Waals surface area contributed by atoms with Gasteiger partial charge in [0.1, 0.15) is 5.01 Å². The summed E-state index contributed by atoms with van der Waals surface area (Å²) in [5, 5.41) is 0.871. The van der Waals surface area contributed by atoms with Crippen molar-refractivity contribution < 1.29 is 13.0 Å². The minimum Gasteiger partial charge on any atom is -0.286 e. The zero-order valence-corrected chi connectivity index (χ0v) is 13.2. The summed E-state index contributed by atoms with van der Waals surface area (Å²) in [7, 11) is -3.84. The first-order valence-corrected chi connectivity index (χ1v) is 9.13. The number of benzene rings is 1. The second kappa shape index (κ2) is 6.71. The van der Waals surface area contributed by atoms with Crippen LogP contribution in [0.15, 0.2) is 24.3 Å². The third-order valence-electron chi connectivity index (χ3n) is 2.84. The van der Waals surface area contributed by atoms with Gasteiger partial charge in [-0.25, -0.2) is 4.98 Å². The average molecular weight is 329 g/mol. The zero-order valence-electron chi connectivity index (χ0n) is 10.8. The topological polar surface area (TPSA) is 67.3 Å². The van der Waals surface area contributed by atoms with Crippen molar-refractivity contribution >= 4 is 48.8 Å². The summed E-state index contributed by atoms with van der Waals surface area (Å²) >= 11 is 6.95. The van der Waals surface area contributed by atoms with Crippen LogP contribution >= 0.6 is 23.6 Å². The fourth-order valence-corrected chi connectivity index (χ4v) is 3.66. The number of thiazole rings is 1. The van der Waals surface area contributed by atoms with E-state index in [-0.39, 0.29) is 5.75 Å². The van der Waals surface area contributed by atoms with E-state index in [4.69, 9.17) is 16.8 Å². The van der Waals surface area contributed by atoms with Crippen LogP contribution in [0.5, 0.6) is 0 Å². The molecule has 0 spiro atoms. The van der Waals surface area contributed by atoms with E-state index >= 15 is 0 Å². The predicted octanol–water partition coefficient (Wildman–Crippen LogP) is 3.46. The van der Waals surface area contributed by atoms with Gasteiger partial charge in [-0.1, -0.05) is 30.8 Å². The lowest BCUT2D eigenvalue weighted by Gasteiger charge is -2.00. The lowest BCUT2D eigenvalue weighted by atomic mass is 10.1. The van der Waals surface area contributed by atoms with Crippen LogP contribution in [0.2, 0.25) is 0 Å². The monoisotopic (exact) mass is 329 g/mol. The van der Waals surface area contributed by atoms with Crippen molar-refractivity contribution in [2.24, 2.45) is 0 Å². The first-order chi connectivity index (χ1) is 9.46. The second-order valence-electron chi connectivity index (χ2n) is 4.51. The third kappa shape index (κ3) is 4.59. The molecule has 0 amide bonds. The molecule has 0 aliphatic heterocycles. The molecule has 7 heteroatoms. The molecule has 108 valence electrons. The Morgan fingerprint density at radius 2 is 2.00 bits per heavy atom. The third-order valence-corrected chi connectivity index (χ3v) is 5.27. The van der Waals surface area contributed by atoms with E-state index in [2.05, 4.69) is 4.98 Å². The van der Waals surface area contributed by atoms with Gasteiger partial charge in [-0.3, -0.25) is 4.55 Å². The highest BCUT2D eigenvalue weighted by Crippen LogP contribution is 2.23. The molecule has 20 heavy (non-hydrogen) atoms. The maximum absolute atomic E-state index is 10.6. The van der Waals surface area contributed by atoms with Crippen LogP contribution in [0.4, 0.5) is 0 Å². The molecular weight excluding hydrogens is 314 g/mol. The molecule has 0 saturated carbocycles. The van der Waals surface area contributed by atoms with Gasteiger partial charge in [0.05, 0.1) is 20.8 Å². The first-order valence-electron chi connectivity index (χ1n) is 6.30. The molecule has 1 heterocycles. The molecule has 1 N–H and O–H groups in total. The van der Waals surface area contributed by atoms with Crippen molar-refractivity contribution in [3.63, 3.8) is 0 Å². The molecule has 1 aromatic heterocycles. The van der Waals surface area contributed by atoms with Gasteiger partial charge in [0.25, 0.3) is 10.1 Å². The molecule has 4 nitrogen and oxygen atoms in total. The number of para-hydroxylation sites is 1. The smallest absolute Gasteiger partial charge is 0.264 e. The van der Waals surface area contributed by atoms with E-state index in [0.29, 0.717) is 6.42 Å². The summed E-state index contributed by atoms with van der Waals surface area (Å²) in [6, 6.07) is 7.90. The fourth-order valence-electron chi connectivity index (χ4n) is 1.85. The van der Waals surface area contributed by atoms with Crippen LogP contribution in [0, 0.1) is 0 Å². The number of thiocarbonyl (C=S) groups is 1. The summed E-state index contributed by atoms with van der Waals surface area (Å²) in [5.74, 6) is -0.180. The van der Waals surface area contributed by atoms with Gasteiger partial charge in [-0.15, -0.1) is 11.3 Å². The Hall–Kier alpha value is -0.890. The summed E-state index contributed by atoms with van der Waals surface area (Å²) in [6.07, 6.45) is 2.72. The molecule has 0 radical (unpaired) electrons. The Morgan fingerprint density at radius 1 is 1.25 bits per heavy atom. The molecule has 0 aliphatic carbocycles. The molecule has 1 aromatic carbocycles. The van der Waals surface area contributed by atoms with Crippen LogP contribution in [0.3, 0.4) is 0 Å². The Labute approximate surface area is 127 Å². The van der Waals surface area contributed by atoms with E-state index in [1.165, 1.54) is 0 Å². The van der Waals surface area contributed by atoms with Gasteiger partial charge in [0.2, 0.25) is 0 Å². The normalized spacial score (nSPS) is 11.8. The van der Waals surface area contributed by atoms with Gasteiger partial charge in [0, 0.05) is 0 Å². The maximum atomic E-state index is 10.6. The van der Waals surface area contributed by atoms with E-state index in [1.54, 1.807) is 11.3 Å². The number of nitrogens with zero attached hydrogens (tertiary/aromatic N) is 1. The van der Waals surface area contributed by atoms with Gasteiger partial charge < -0.3 is 0 Å². The lowest BCUT2D eigenvalue weighted by molar-refractivity contribution is 0.479. The second-order valence-corrected chi connectivity index (χ2v) is 7.60. The number of aromatic nitrogens is 1. The highest BCUT2D eigenvalue weighted by Gasteiger charge is 2.09. The molecule has 0 unspecified atom stereocenters. The van der Waals surface area contributed by atoms with E-state index in [1.807, 2.05) is 24.3 Å². The summed E-state index contributed by atoms with van der Waals surface area (Å²) in [5.41, 5.74) is 0.959. The van der Waals surface area contributed by atoms with Crippen molar-refractivity contribution in [1.82, 2.24) is 4.98 Å². The van der Waals surface area contributed by atoms with Crippen molar-refractivity contribution in [2.45, 2.75) is 25.7 Å². The summed E-state index contributed by atoms with van der Waals surface area (Å²) in [6.45, 7) is 0. The van der Waals surface area contributed by atoms with Crippen molar-refractivity contribution in [3.05, 3.63) is 29.3 Å². The van der Waals surface area contributed by atoms with Crippen LogP contribution in [0.25, 0.3) is 10.2 Å². The first kappa shape index (κ1) is 15.5. The standard InChI is InChI=1S/C13H15NO3S3/c15-20(16,17)9-5-1-2-7-11(18)13-14-10-6-3-4-8-12(10)19-13/h3-4,6,8H,1-2,5,7,9H2,(H,15,16,17). The lowest BCUT2D eigenvalue weighted by Crippen LogP contribution is -2.04. The highest BCUT2D eigenvalue weighted by atomic mass is 32.2. The number of hydrogen-bond donors (Lipinski definition) is 1. The molecule has 0 saturated heterocycles. The van der Waals surface area contributed by atoms with E-state index in [0.717, 1.165) is 39.4 Å². The Balaban J connectivity index is 1.83. The van der Waals surface area contributed by atoms with Crippen LogP contribution in [-0.4, -0.2) is 28.6 Å². The Bertz CT molecular complexity index is 673. The molecule has 2 rings (SSSR count). The predicted molar refractivity (Wildman–Crippen MR) is 86.2 cm³/mol. The molecular formula is C13H15NO3S3. The van der Waals surface area contributed by atoms with Crippen LogP contribution < -0.4 is 0 Å². The minimum atomic E-state index is -3.84. The van der Waals surface area contributed by atoms with E-state index < -0.39 is 10.1 Å². The van der Waals surface area contributed by atoms with E-state index in [9.17, 15) is 8.42 Å². The van der Waals surface area contributed by atoms with Gasteiger partial charge in [-0.2, -0.15) is 8.42 Å². The largest absolute Gasteiger partial charge is 0.286 e. The number of rotatable bonds is 7. The SMILES string of the molecule is O=S(=O)(O)CCCCCC(=S)c1nc2ccccc2s1. The number of unbranched alkanes of at least 4 members (excludes halogenated alkanes) is 2. The zero-order chi connectivity index (χ0) is 14.6. The van der Waals surface area contributed by atoms with Gasteiger partial charge >= 0.3 is 0 Å². The average Bonchev–Trinajstić information content (AvgIpc) is 2.80. The Morgan fingerprint density at radius 3 is 2.70 bits per heavy atom. The summed E-state index contributed by atoms with van der Waals surface area (Å²) < 4.78 is 30.9.